The third-order valence-electron chi connectivity index (χ3n) is 5.38. The van der Waals surface area contributed by atoms with Gasteiger partial charge in [0, 0.05) is 5.56 Å². The summed E-state index contributed by atoms with van der Waals surface area (Å²) in [6.45, 7) is 5.96. The Morgan fingerprint density at radius 3 is 2.32 bits per heavy atom. The maximum absolute atomic E-state index is 14.0. The zero-order valence-corrected chi connectivity index (χ0v) is 17.0. The van der Waals surface area contributed by atoms with E-state index in [1.165, 1.54) is 9.80 Å². The first-order valence-electron chi connectivity index (χ1n) is 9.43. The van der Waals surface area contributed by atoms with Crippen LogP contribution in [0, 0.1) is 18.6 Å². The summed E-state index contributed by atoms with van der Waals surface area (Å²) in [6.07, 6.45) is 0. The molecule has 1 aliphatic heterocycles. The lowest BCUT2D eigenvalue weighted by Gasteiger charge is -2.33. The van der Waals surface area contributed by atoms with Gasteiger partial charge in [0.25, 0.3) is 0 Å². The summed E-state index contributed by atoms with van der Waals surface area (Å²) in [6, 6.07) is 10.4. The highest BCUT2D eigenvalue weighted by molar-refractivity contribution is 7.89. The van der Waals surface area contributed by atoms with E-state index in [0.29, 0.717) is 6.07 Å². The molecule has 1 fully saturated rings. The zero-order chi connectivity index (χ0) is 20.3. The van der Waals surface area contributed by atoms with E-state index < -0.39 is 26.6 Å². The molecule has 0 radical (unpaired) electrons. The second-order valence-corrected chi connectivity index (χ2v) is 9.24. The molecule has 0 aromatic heterocycles. The van der Waals surface area contributed by atoms with Gasteiger partial charge in [0.1, 0.15) is 48.8 Å². The zero-order valence-electron chi connectivity index (χ0n) is 16.1. The van der Waals surface area contributed by atoms with Crippen molar-refractivity contribution in [1.29, 1.82) is 0 Å². The summed E-state index contributed by atoms with van der Waals surface area (Å²) in [5.74, 6) is -1.75. The average molecular weight is 412 g/mol. The Morgan fingerprint density at radius 2 is 1.68 bits per heavy atom. The van der Waals surface area contributed by atoms with E-state index in [9.17, 15) is 17.2 Å². The SMILES string of the molecule is Cc1ccc([C@@H](CNS(=O)(=O)c2cc(F)ccc2F)[NH+]2CC[NH+](C)CC2)cc1. The Kier molecular flexibility index (Phi) is 6.44. The maximum Gasteiger partial charge on any atom is 0.243 e. The molecule has 0 spiro atoms. The smallest absolute Gasteiger partial charge is 0.243 e. The molecule has 8 heteroatoms. The van der Waals surface area contributed by atoms with E-state index in [1.54, 1.807) is 0 Å². The number of aryl methyl sites for hydroxylation is 1. The van der Waals surface area contributed by atoms with Gasteiger partial charge in [-0.05, 0) is 25.1 Å². The predicted molar refractivity (Wildman–Crippen MR) is 103 cm³/mol. The molecule has 1 atom stereocenters. The third kappa shape index (κ3) is 4.94. The number of hydrogen-bond donors (Lipinski definition) is 3. The van der Waals surface area contributed by atoms with Crippen LogP contribution in [0.3, 0.4) is 0 Å². The summed E-state index contributed by atoms with van der Waals surface area (Å²) < 4.78 is 55.1. The van der Waals surface area contributed by atoms with Crippen molar-refractivity contribution in [2.75, 3.05) is 39.8 Å². The molecule has 2 aromatic carbocycles. The highest BCUT2D eigenvalue weighted by Crippen LogP contribution is 2.17. The molecule has 0 unspecified atom stereocenters. The van der Waals surface area contributed by atoms with Crippen LogP contribution in [0.5, 0.6) is 0 Å². The Balaban J connectivity index is 1.83. The van der Waals surface area contributed by atoms with Crippen LogP contribution in [0.15, 0.2) is 47.4 Å². The van der Waals surface area contributed by atoms with E-state index in [-0.39, 0.29) is 12.6 Å². The van der Waals surface area contributed by atoms with Crippen molar-refractivity contribution in [1.82, 2.24) is 4.72 Å². The molecule has 0 amide bonds. The fourth-order valence-electron chi connectivity index (χ4n) is 3.60. The van der Waals surface area contributed by atoms with Crippen molar-refractivity contribution >= 4 is 10.0 Å². The quantitative estimate of drug-likeness (QED) is 0.612. The Bertz CT molecular complexity index is 912. The number of rotatable bonds is 6. The first-order valence-corrected chi connectivity index (χ1v) is 10.9. The molecule has 0 bridgehead atoms. The molecular formula is C20H27F2N3O2S+2. The molecule has 28 heavy (non-hydrogen) atoms. The van der Waals surface area contributed by atoms with Crippen LogP contribution in [0.4, 0.5) is 8.78 Å². The standard InChI is InChI=1S/C20H25F2N3O2S/c1-15-3-5-16(6-4-15)19(25-11-9-24(2)10-12-25)14-23-28(26,27)20-13-17(21)7-8-18(20)22/h3-8,13,19,23H,9-12,14H2,1-2H3/p+2/t19-/m1/s1. The lowest BCUT2D eigenvalue weighted by molar-refractivity contribution is -1.02. The lowest BCUT2D eigenvalue weighted by atomic mass is 10.0. The van der Waals surface area contributed by atoms with Gasteiger partial charge in [-0.1, -0.05) is 29.8 Å². The minimum absolute atomic E-state index is 0.0971. The van der Waals surface area contributed by atoms with Gasteiger partial charge in [-0.15, -0.1) is 0 Å². The van der Waals surface area contributed by atoms with Crippen molar-refractivity contribution in [3.05, 3.63) is 65.2 Å². The van der Waals surface area contributed by atoms with Gasteiger partial charge in [0.05, 0.1) is 13.6 Å². The summed E-state index contributed by atoms with van der Waals surface area (Å²) in [5, 5.41) is 0. The molecule has 0 saturated carbocycles. The van der Waals surface area contributed by atoms with Crippen LogP contribution < -0.4 is 14.5 Å². The highest BCUT2D eigenvalue weighted by atomic mass is 32.2. The molecular weight excluding hydrogens is 384 g/mol. The molecule has 1 aliphatic rings. The number of piperazine rings is 1. The normalized spacial score (nSPS) is 21.4. The van der Waals surface area contributed by atoms with Crippen LogP contribution in [0.2, 0.25) is 0 Å². The first kappa shape index (κ1) is 20.9. The topological polar surface area (TPSA) is 55.0 Å². The Morgan fingerprint density at radius 1 is 1.04 bits per heavy atom. The van der Waals surface area contributed by atoms with Gasteiger partial charge in [0.15, 0.2) is 0 Å². The maximum atomic E-state index is 14.0. The first-order chi connectivity index (χ1) is 13.3. The van der Waals surface area contributed by atoms with Crippen LogP contribution >= 0.6 is 0 Å². The molecule has 1 heterocycles. The predicted octanol–water partition coefficient (Wildman–Crippen LogP) is -0.294. The summed E-state index contributed by atoms with van der Waals surface area (Å²) in [5.41, 5.74) is 2.16. The third-order valence-corrected chi connectivity index (χ3v) is 6.82. The van der Waals surface area contributed by atoms with Crippen molar-refractivity contribution in [2.24, 2.45) is 0 Å². The number of benzene rings is 2. The number of sulfonamides is 1. The molecule has 152 valence electrons. The van der Waals surface area contributed by atoms with E-state index in [0.717, 1.165) is 49.4 Å². The number of quaternary nitrogens is 2. The Labute approximate surface area is 165 Å². The summed E-state index contributed by atoms with van der Waals surface area (Å²) >= 11 is 0. The van der Waals surface area contributed by atoms with E-state index in [2.05, 4.69) is 11.8 Å². The second kappa shape index (κ2) is 8.65. The molecule has 3 rings (SSSR count). The monoisotopic (exact) mass is 411 g/mol. The molecule has 3 N–H and O–H groups in total. The van der Waals surface area contributed by atoms with Crippen LogP contribution in [0.25, 0.3) is 0 Å². The van der Waals surface area contributed by atoms with Gasteiger partial charge >= 0.3 is 0 Å². The number of halogens is 2. The van der Waals surface area contributed by atoms with Gasteiger partial charge in [0.2, 0.25) is 10.0 Å². The van der Waals surface area contributed by atoms with Crippen LogP contribution in [-0.4, -0.2) is 48.2 Å². The minimum atomic E-state index is -4.16. The fraction of sp³-hybridized carbons (Fsp3) is 0.400. The Hall–Kier alpha value is -1.87. The van der Waals surface area contributed by atoms with Gasteiger partial charge in [-0.3, -0.25) is 0 Å². The van der Waals surface area contributed by atoms with E-state index >= 15 is 0 Å². The molecule has 0 aliphatic carbocycles. The summed E-state index contributed by atoms with van der Waals surface area (Å²) in [4.78, 5) is 2.08. The van der Waals surface area contributed by atoms with Crippen molar-refractivity contribution in [3.63, 3.8) is 0 Å². The molecule has 5 nitrogen and oxygen atoms in total. The van der Waals surface area contributed by atoms with E-state index in [4.69, 9.17) is 0 Å². The number of likely N-dealkylation sites (N-methyl/N-ethyl adjacent to an activating group) is 1. The summed E-state index contributed by atoms with van der Waals surface area (Å²) in [7, 11) is -2.01. The fourth-order valence-corrected chi connectivity index (χ4v) is 4.73. The van der Waals surface area contributed by atoms with Gasteiger partial charge in [-0.2, -0.15) is 0 Å². The largest absolute Gasteiger partial charge is 0.328 e. The van der Waals surface area contributed by atoms with Gasteiger partial charge in [-0.25, -0.2) is 21.9 Å². The van der Waals surface area contributed by atoms with Crippen molar-refractivity contribution in [2.45, 2.75) is 17.9 Å². The molecule has 1 saturated heterocycles. The minimum Gasteiger partial charge on any atom is -0.328 e. The number of hydrogen-bond acceptors (Lipinski definition) is 2. The molecule has 2 aromatic rings. The van der Waals surface area contributed by atoms with Crippen molar-refractivity contribution < 1.29 is 27.0 Å². The van der Waals surface area contributed by atoms with E-state index in [1.807, 2.05) is 31.2 Å². The van der Waals surface area contributed by atoms with Crippen LogP contribution in [0.1, 0.15) is 17.2 Å². The van der Waals surface area contributed by atoms with Gasteiger partial charge < -0.3 is 9.80 Å². The number of nitrogens with one attached hydrogen (secondary N) is 3. The van der Waals surface area contributed by atoms with Crippen LogP contribution in [-0.2, 0) is 10.0 Å². The average Bonchev–Trinajstić information content (AvgIpc) is 2.66. The highest BCUT2D eigenvalue weighted by Gasteiger charge is 2.31. The lowest BCUT2D eigenvalue weighted by Crippen LogP contribution is -3.27. The second-order valence-electron chi connectivity index (χ2n) is 7.51. The van der Waals surface area contributed by atoms with Crippen molar-refractivity contribution in [3.8, 4) is 0 Å².